The van der Waals surface area contributed by atoms with Gasteiger partial charge in [0.15, 0.2) is 0 Å². The molecule has 2 saturated heterocycles. The average molecular weight is 287 g/mol. The van der Waals surface area contributed by atoms with Crippen LogP contribution in [0.3, 0.4) is 0 Å². The highest BCUT2D eigenvalue weighted by Crippen LogP contribution is 2.23. The zero-order valence-corrected chi connectivity index (χ0v) is 12.8. The predicted octanol–water partition coefficient (Wildman–Crippen LogP) is 1.51. The first-order chi connectivity index (χ1) is 10.2. The quantitative estimate of drug-likeness (QED) is 0.915. The molecular weight excluding hydrogens is 262 g/mol. The molecule has 3 rings (SSSR count). The number of piperazine rings is 1. The van der Waals surface area contributed by atoms with Crippen molar-refractivity contribution in [2.75, 3.05) is 44.7 Å². The first kappa shape index (κ1) is 14.5. The summed E-state index contributed by atoms with van der Waals surface area (Å²) in [6.07, 6.45) is 3.66. The van der Waals surface area contributed by atoms with Crippen LogP contribution in [0.15, 0.2) is 24.3 Å². The highest BCUT2D eigenvalue weighted by molar-refractivity contribution is 5.95. The first-order valence-corrected chi connectivity index (χ1v) is 8.01. The van der Waals surface area contributed by atoms with E-state index in [0.717, 1.165) is 44.2 Å². The molecule has 2 heterocycles. The Hall–Kier alpha value is -1.39. The smallest absolute Gasteiger partial charge is 0.241 e. The zero-order valence-electron chi connectivity index (χ0n) is 12.8. The summed E-state index contributed by atoms with van der Waals surface area (Å²) in [7, 11) is 2.00. The molecule has 0 aliphatic carbocycles. The Balaban J connectivity index is 1.69. The Kier molecular flexibility index (Phi) is 4.56. The maximum atomic E-state index is 12.2. The van der Waals surface area contributed by atoms with Crippen molar-refractivity contribution < 1.29 is 4.79 Å². The molecule has 2 fully saturated rings. The van der Waals surface area contributed by atoms with Gasteiger partial charge in [0.25, 0.3) is 0 Å². The van der Waals surface area contributed by atoms with E-state index in [4.69, 9.17) is 0 Å². The van der Waals surface area contributed by atoms with Crippen LogP contribution in [0.25, 0.3) is 0 Å². The van der Waals surface area contributed by atoms with Crippen LogP contribution in [0.1, 0.15) is 18.4 Å². The minimum Gasteiger partial charge on any atom is -0.317 e. The second-order valence-corrected chi connectivity index (χ2v) is 6.35. The van der Waals surface area contributed by atoms with Crippen molar-refractivity contribution in [2.24, 2.45) is 5.92 Å². The molecule has 0 atom stereocenters. The summed E-state index contributed by atoms with van der Waals surface area (Å²) < 4.78 is 0. The number of nitrogens with zero attached hydrogens (tertiary/aromatic N) is 2. The van der Waals surface area contributed by atoms with Crippen LogP contribution in [-0.4, -0.2) is 50.6 Å². The SMILES string of the molecule is CN1CCN(c2cccc(CC3CCNCC3)c2)C(=O)C1. The van der Waals surface area contributed by atoms with Gasteiger partial charge in [-0.1, -0.05) is 12.1 Å². The van der Waals surface area contributed by atoms with E-state index < -0.39 is 0 Å². The number of amides is 1. The molecule has 0 saturated carbocycles. The van der Waals surface area contributed by atoms with Crippen LogP contribution in [0.4, 0.5) is 5.69 Å². The van der Waals surface area contributed by atoms with Gasteiger partial charge in [0.05, 0.1) is 6.54 Å². The summed E-state index contributed by atoms with van der Waals surface area (Å²) in [5.41, 5.74) is 2.44. The third kappa shape index (κ3) is 3.63. The summed E-state index contributed by atoms with van der Waals surface area (Å²) in [5, 5.41) is 3.42. The fourth-order valence-corrected chi connectivity index (χ4v) is 3.33. The van der Waals surface area contributed by atoms with E-state index in [-0.39, 0.29) is 5.91 Å². The topological polar surface area (TPSA) is 35.6 Å². The number of rotatable bonds is 3. The lowest BCUT2D eigenvalue weighted by Crippen LogP contribution is -2.48. The summed E-state index contributed by atoms with van der Waals surface area (Å²) in [4.78, 5) is 16.2. The van der Waals surface area contributed by atoms with Crippen molar-refractivity contribution in [3.63, 3.8) is 0 Å². The van der Waals surface area contributed by atoms with Crippen LogP contribution in [0.2, 0.25) is 0 Å². The van der Waals surface area contributed by atoms with E-state index >= 15 is 0 Å². The number of hydrogen-bond acceptors (Lipinski definition) is 3. The Morgan fingerprint density at radius 3 is 2.81 bits per heavy atom. The summed E-state index contributed by atoms with van der Waals surface area (Å²) in [6.45, 7) is 4.55. The molecule has 0 unspecified atom stereocenters. The van der Waals surface area contributed by atoms with Gasteiger partial charge in [-0.25, -0.2) is 0 Å². The maximum Gasteiger partial charge on any atom is 0.241 e. The zero-order chi connectivity index (χ0) is 14.7. The number of carbonyl (C=O) groups is 1. The van der Waals surface area contributed by atoms with Crippen LogP contribution < -0.4 is 10.2 Å². The van der Waals surface area contributed by atoms with Crippen LogP contribution in [-0.2, 0) is 11.2 Å². The second-order valence-electron chi connectivity index (χ2n) is 6.35. The van der Waals surface area contributed by atoms with E-state index in [0.29, 0.717) is 6.54 Å². The molecule has 1 aromatic carbocycles. The highest BCUT2D eigenvalue weighted by Gasteiger charge is 2.23. The van der Waals surface area contributed by atoms with Crippen molar-refractivity contribution in [2.45, 2.75) is 19.3 Å². The van der Waals surface area contributed by atoms with E-state index in [1.807, 2.05) is 11.9 Å². The molecule has 21 heavy (non-hydrogen) atoms. The molecule has 1 N–H and O–H groups in total. The van der Waals surface area contributed by atoms with Crippen molar-refractivity contribution >= 4 is 11.6 Å². The minimum atomic E-state index is 0.211. The molecule has 2 aliphatic rings. The van der Waals surface area contributed by atoms with Gasteiger partial charge >= 0.3 is 0 Å². The van der Waals surface area contributed by atoms with Crippen molar-refractivity contribution in [1.82, 2.24) is 10.2 Å². The number of anilines is 1. The molecule has 4 nitrogen and oxygen atoms in total. The third-order valence-corrected chi connectivity index (χ3v) is 4.62. The maximum absolute atomic E-state index is 12.2. The van der Waals surface area contributed by atoms with Gasteiger partial charge in [-0.05, 0) is 63.0 Å². The third-order valence-electron chi connectivity index (χ3n) is 4.62. The Labute approximate surface area is 127 Å². The number of hydrogen-bond donors (Lipinski definition) is 1. The van der Waals surface area contributed by atoms with E-state index in [1.165, 1.54) is 18.4 Å². The van der Waals surface area contributed by atoms with Gasteiger partial charge in [0, 0.05) is 18.8 Å². The van der Waals surface area contributed by atoms with Crippen molar-refractivity contribution in [1.29, 1.82) is 0 Å². The fraction of sp³-hybridized carbons (Fsp3) is 0.588. The van der Waals surface area contributed by atoms with E-state index in [1.54, 1.807) is 0 Å². The van der Waals surface area contributed by atoms with Gasteiger partial charge in [-0.3, -0.25) is 9.69 Å². The number of benzene rings is 1. The first-order valence-electron chi connectivity index (χ1n) is 8.01. The molecule has 0 bridgehead atoms. The fourth-order valence-electron chi connectivity index (χ4n) is 3.33. The van der Waals surface area contributed by atoms with Crippen molar-refractivity contribution in [3.8, 4) is 0 Å². The Morgan fingerprint density at radius 1 is 1.24 bits per heavy atom. The largest absolute Gasteiger partial charge is 0.317 e. The van der Waals surface area contributed by atoms with Crippen LogP contribution >= 0.6 is 0 Å². The van der Waals surface area contributed by atoms with Gasteiger partial charge < -0.3 is 10.2 Å². The van der Waals surface area contributed by atoms with Gasteiger partial charge in [0.2, 0.25) is 5.91 Å². The minimum absolute atomic E-state index is 0.211. The number of carbonyl (C=O) groups excluding carboxylic acids is 1. The molecule has 114 valence electrons. The number of likely N-dealkylation sites (N-methyl/N-ethyl adjacent to an activating group) is 1. The van der Waals surface area contributed by atoms with Crippen molar-refractivity contribution in [3.05, 3.63) is 29.8 Å². The number of nitrogens with one attached hydrogen (secondary N) is 1. The lowest BCUT2D eigenvalue weighted by Gasteiger charge is -2.32. The van der Waals surface area contributed by atoms with Gasteiger partial charge in [-0.2, -0.15) is 0 Å². The summed E-state index contributed by atoms with van der Waals surface area (Å²) in [6, 6.07) is 8.57. The molecular formula is C17H25N3O. The molecule has 0 spiro atoms. The van der Waals surface area contributed by atoms with Gasteiger partial charge in [-0.15, -0.1) is 0 Å². The lowest BCUT2D eigenvalue weighted by molar-refractivity contribution is -0.120. The molecule has 1 amide bonds. The Bertz CT molecular complexity index is 497. The van der Waals surface area contributed by atoms with Crippen LogP contribution in [0.5, 0.6) is 0 Å². The molecule has 0 radical (unpaired) electrons. The average Bonchev–Trinajstić information content (AvgIpc) is 2.48. The van der Waals surface area contributed by atoms with E-state index in [2.05, 4.69) is 34.5 Å². The summed E-state index contributed by atoms with van der Waals surface area (Å²) >= 11 is 0. The second kappa shape index (κ2) is 6.58. The lowest BCUT2D eigenvalue weighted by atomic mass is 9.91. The monoisotopic (exact) mass is 287 g/mol. The molecule has 2 aliphatic heterocycles. The van der Waals surface area contributed by atoms with Crippen LogP contribution in [0, 0.1) is 5.92 Å². The number of piperidine rings is 1. The molecule has 4 heteroatoms. The van der Waals surface area contributed by atoms with Gasteiger partial charge in [0.1, 0.15) is 0 Å². The standard InChI is InChI=1S/C17H25N3O/c1-19-9-10-20(17(21)13-19)16-4-2-3-15(12-16)11-14-5-7-18-8-6-14/h2-4,12,14,18H,5-11,13H2,1H3. The molecule has 0 aromatic heterocycles. The predicted molar refractivity (Wildman–Crippen MR) is 85.6 cm³/mol. The Morgan fingerprint density at radius 2 is 2.05 bits per heavy atom. The molecule has 1 aromatic rings. The normalized spacial score (nSPS) is 21.8. The van der Waals surface area contributed by atoms with E-state index in [9.17, 15) is 4.79 Å². The summed E-state index contributed by atoms with van der Waals surface area (Å²) in [5.74, 6) is 0.993. The highest BCUT2D eigenvalue weighted by atomic mass is 16.2.